The molecular weight excluding hydrogens is 330 g/mol. The van der Waals surface area contributed by atoms with E-state index in [1.807, 2.05) is 43.7 Å². The van der Waals surface area contributed by atoms with Crippen molar-refractivity contribution in [3.05, 3.63) is 59.5 Å². The summed E-state index contributed by atoms with van der Waals surface area (Å²) in [6.07, 6.45) is 3.15. The molecule has 0 aliphatic carbocycles. The number of aryl methyl sites for hydroxylation is 2. The van der Waals surface area contributed by atoms with E-state index >= 15 is 0 Å². The lowest BCUT2D eigenvalue weighted by molar-refractivity contribution is 0.0953. The van der Waals surface area contributed by atoms with Crippen molar-refractivity contribution in [3.63, 3.8) is 0 Å². The van der Waals surface area contributed by atoms with Crippen LogP contribution in [0.1, 0.15) is 54.0 Å². The second-order valence-electron chi connectivity index (χ2n) is 6.49. The lowest BCUT2D eigenvalue weighted by Gasteiger charge is -2.07. The van der Waals surface area contributed by atoms with Gasteiger partial charge in [0.2, 0.25) is 5.89 Å². The first-order valence-electron chi connectivity index (χ1n) is 8.76. The summed E-state index contributed by atoms with van der Waals surface area (Å²) < 4.78 is 7.02. The lowest BCUT2D eigenvalue weighted by atomic mass is 10.2. The van der Waals surface area contributed by atoms with Crippen molar-refractivity contribution < 1.29 is 9.32 Å². The molecule has 0 aliphatic rings. The maximum atomic E-state index is 12.2. The number of nitrogens with zero attached hydrogens (tertiary/aromatic N) is 4. The number of rotatable bonds is 7. The fourth-order valence-electron chi connectivity index (χ4n) is 2.54. The van der Waals surface area contributed by atoms with Crippen LogP contribution in [0.5, 0.6) is 0 Å². The Morgan fingerprint density at radius 2 is 2.00 bits per heavy atom. The number of nitrogens with one attached hydrogen (secondary N) is 1. The third kappa shape index (κ3) is 4.17. The molecule has 1 aromatic carbocycles. The standard InChI is InChI=1S/C19H23N5O2/c1-13(2)18-22-17(26-23-18)5-4-11-20-19(25)15-6-8-16(9-7-15)24-14(3)10-12-21-24/h6-10,12-13H,4-5,11H2,1-3H3,(H,20,25). The Bertz CT molecular complexity index is 864. The van der Waals surface area contributed by atoms with Gasteiger partial charge >= 0.3 is 0 Å². The SMILES string of the molecule is Cc1ccnn1-c1ccc(C(=O)NCCCc2nc(C(C)C)no2)cc1. The van der Waals surface area contributed by atoms with Crippen LogP contribution in [-0.4, -0.2) is 32.4 Å². The summed E-state index contributed by atoms with van der Waals surface area (Å²) in [6.45, 7) is 6.58. The van der Waals surface area contributed by atoms with Gasteiger partial charge < -0.3 is 9.84 Å². The molecule has 1 amide bonds. The smallest absolute Gasteiger partial charge is 0.251 e. The summed E-state index contributed by atoms with van der Waals surface area (Å²) in [5, 5.41) is 11.1. The maximum Gasteiger partial charge on any atom is 0.251 e. The number of amides is 1. The normalized spacial score (nSPS) is 11.1. The van der Waals surface area contributed by atoms with Crippen molar-refractivity contribution in [1.29, 1.82) is 0 Å². The van der Waals surface area contributed by atoms with Gasteiger partial charge in [-0.25, -0.2) is 4.68 Å². The Morgan fingerprint density at radius 1 is 1.23 bits per heavy atom. The van der Waals surface area contributed by atoms with Gasteiger partial charge in [-0.2, -0.15) is 10.1 Å². The van der Waals surface area contributed by atoms with E-state index in [2.05, 4.69) is 20.6 Å². The molecule has 3 aromatic rings. The highest BCUT2D eigenvalue weighted by atomic mass is 16.5. The average molecular weight is 353 g/mol. The molecule has 0 saturated carbocycles. The predicted octanol–water partition coefficient (Wildman–Crippen LogP) is 3.05. The van der Waals surface area contributed by atoms with Crippen LogP contribution in [0.25, 0.3) is 5.69 Å². The monoisotopic (exact) mass is 353 g/mol. The third-order valence-electron chi connectivity index (χ3n) is 4.06. The minimum atomic E-state index is -0.0952. The van der Waals surface area contributed by atoms with E-state index in [1.54, 1.807) is 18.3 Å². The topological polar surface area (TPSA) is 85.8 Å². The molecule has 0 atom stereocenters. The van der Waals surface area contributed by atoms with E-state index < -0.39 is 0 Å². The van der Waals surface area contributed by atoms with Gasteiger partial charge in [0.25, 0.3) is 5.91 Å². The van der Waals surface area contributed by atoms with Gasteiger partial charge in [-0.15, -0.1) is 0 Å². The number of carbonyl (C=O) groups excluding carboxylic acids is 1. The number of benzene rings is 1. The van der Waals surface area contributed by atoms with Gasteiger partial charge in [-0.1, -0.05) is 19.0 Å². The highest BCUT2D eigenvalue weighted by Crippen LogP contribution is 2.12. The zero-order valence-corrected chi connectivity index (χ0v) is 15.3. The minimum Gasteiger partial charge on any atom is -0.352 e. The first-order valence-corrected chi connectivity index (χ1v) is 8.76. The molecule has 136 valence electrons. The second kappa shape index (κ2) is 7.95. The molecule has 1 N–H and O–H groups in total. The fourth-order valence-corrected chi connectivity index (χ4v) is 2.54. The van der Waals surface area contributed by atoms with Crippen LogP contribution in [0.4, 0.5) is 0 Å². The van der Waals surface area contributed by atoms with Gasteiger partial charge in [-0.3, -0.25) is 4.79 Å². The van der Waals surface area contributed by atoms with Crippen molar-refractivity contribution >= 4 is 5.91 Å². The molecule has 0 spiro atoms. The van der Waals surface area contributed by atoms with Crippen LogP contribution >= 0.6 is 0 Å². The largest absolute Gasteiger partial charge is 0.352 e. The maximum absolute atomic E-state index is 12.2. The number of aromatic nitrogens is 4. The molecule has 0 saturated heterocycles. The molecule has 0 fully saturated rings. The molecule has 7 nitrogen and oxygen atoms in total. The molecule has 7 heteroatoms. The third-order valence-corrected chi connectivity index (χ3v) is 4.06. The molecule has 0 bridgehead atoms. The summed E-state index contributed by atoms with van der Waals surface area (Å²) in [4.78, 5) is 16.6. The average Bonchev–Trinajstić information content (AvgIpc) is 3.28. The molecule has 26 heavy (non-hydrogen) atoms. The molecule has 0 radical (unpaired) electrons. The van der Waals surface area contributed by atoms with E-state index in [0.717, 1.165) is 23.6 Å². The van der Waals surface area contributed by atoms with Crippen LogP contribution in [0, 0.1) is 6.92 Å². The Balaban J connectivity index is 1.48. The fraction of sp³-hybridized carbons (Fsp3) is 0.368. The minimum absolute atomic E-state index is 0.0952. The van der Waals surface area contributed by atoms with Crippen LogP contribution in [0.2, 0.25) is 0 Å². The molecule has 2 aromatic heterocycles. The van der Waals surface area contributed by atoms with Crippen molar-refractivity contribution in [3.8, 4) is 5.69 Å². The van der Waals surface area contributed by atoms with Crippen molar-refractivity contribution in [2.75, 3.05) is 6.54 Å². The Hall–Kier alpha value is -2.96. The number of hydrogen-bond acceptors (Lipinski definition) is 5. The molecule has 2 heterocycles. The van der Waals surface area contributed by atoms with E-state index in [-0.39, 0.29) is 11.8 Å². The Labute approximate surface area is 152 Å². The van der Waals surface area contributed by atoms with Crippen molar-refractivity contribution in [1.82, 2.24) is 25.2 Å². The summed E-state index contributed by atoms with van der Waals surface area (Å²) in [6, 6.07) is 9.33. The van der Waals surface area contributed by atoms with Crippen molar-refractivity contribution in [2.45, 2.75) is 39.5 Å². The van der Waals surface area contributed by atoms with Crippen LogP contribution in [0.15, 0.2) is 41.1 Å². The predicted molar refractivity (Wildman–Crippen MR) is 97.3 cm³/mol. The Morgan fingerprint density at radius 3 is 2.62 bits per heavy atom. The number of hydrogen-bond donors (Lipinski definition) is 1. The summed E-state index contributed by atoms with van der Waals surface area (Å²) >= 11 is 0. The van der Waals surface area contributed by atoms with Crippen molar-refractivity contribution in [2.24, 2.45) is 0 Å². The lowest BCUT2D eigenvalue weighted by Crippen LogP contribution is -2.24. The number of carbonyl (C=O) groups is 1. The summed E-state index contributed by atoms with van der Waals surface area (Å²) in [5.74, 6) is 1.49. The van der Waals surface area contributed by atoms with Gasteiger partial charge in [-0.05, 0) is 43.7 Å². The van der Waals surface area contributed by atoms with Gasteiger partial charge in [0, 0.05) is 36.3 Å². The Kier molecular flexibility index (Phi) is 5.46. The molecule has 3 rings (SSSR count). The van der Waals surface area contributed by atoms with Gasteiger partial charge in [0.05, 0.1) is 5.69 Å². The highest BCUT2D eigenvalue weighted by molar-refractivity contribution is 5.94. The van der Waals surface area contributed by atoms with Crippen LogP contribution in [-0.2, 0) is 6.42 Å². The van der Waals surface area contributed by atoms with E-state index in [0.29, 0.717) is 24.4 Å². The second-order valence-corrected chi connectivity index (χ2v) is 6.49. The zero-order valence-electron chi connectivity index (χ0n) is 15.3. The van der Waals surface area contributed by atoms with Crippen LogP contribution < -0.4 is 5.32 Å². The highest BCUT2D eigenvalue weighted by Gasteiger charge is 2.10. The first-order chi connectivity index (χ1) is 12.5. The summed E-state index contributed by atoms with van der Waals surface area (Å²) in [7, 11) is 0. The van der Waals surface area contributed by atoms with Gasteiger partial charge in [0.1, 0.15) is 0 Å². The quantitative estimate of drug-likeness (QED) is 0.660. The zero-order chi connectivity index (χ0) is 18.5. The summed E-state index contributed by atoms with van der Waals surface area (Å²) in [5.41, 5.74) is 2.60. The van der Waals surface area contributed by atoms with E-state index in [1.165, 1.54) is 0 Å². The van der Waals surface area contributed by atoms with E-state index in [4.69, 9.17) is 4.52 Å². The first kappa shape index (κ1) is 17.8. The molecular formula is C19H23N5O2. The van der Waals surface area contributed by atoms with Crippen LogP contribution in [0.3, 0.4) is 0 Å². The van der Waals surface area contributed by atoms with E-state index in [9.17, 15) is 4.79 Å². The molecule has 0 aliphatic heterocycles. The van der Waals surface area contributed by atoms with Gasteiger partial charge in [0.15, 0.2) is 5.82 Å². The molecule has 0 unspecified atom stereocenters.